The molecule has 0 aromatic carbocycles. The van der Waals surface area contributed by atoms with E-state index in [1.165, 1.54) is 5.82 Å². The zero-order chi connectivity index (χ0) is 7.78. The maximum atomic E-state index is 5.65. The number of halogens is 4. The van der Waals surface area contributed by atoms with E-state index < -0.39 is 5.76 Å². The molecule has 0 saturated carbocycles. The highest BCUT2D eigenvalue weighted by molar-refractivity contribution is 8.12. The van der Waals surface area contributed by atoms with Crippen LogP contribution >= 0.6 is 51.4 Å². The number of amidine groups is 1. The van der Waals surface area contributed by atoms with Crippen LogP contribution in [0.1, 0.15) is 0 Å². The van der Waals surface area contributed by atoms with Crippen LogP contribution in [0.2, 0.25) is 0 Å². The Kier molecular flexibility index (Phi) is 2.70. The lowest BCUT2D eigenvalue weighted by Crippen LogP contribution is -1.82. The minimum absolute atomic E-state index is 0.00540. The molecule has 0 spiro atoms. The predicted molar refractivity (Wildman–Crippen MR) is 48.3 cm³/mol. The van der Waals surface area contributed by atoms with E-state index in [2.05, 4.69) is 9.74 Å². The summed E-state index contributed by atoms with van der Waals surface area (Å²) >= 11 is 22.2. The van der Waals surface area contributed by atoms with Gasteiger partial charge in [0.05, 0.1) is 0 Å². The summed E-state index contributed by atoms with van der Waals surface area (Å²) < 4.78 is 3.66. The number of hydrogen-bond acceptors (Lipinski definition) is 2. The molecule has 1 aliphatic rings. The molecular formula is C3HCl4N2P. The number of nitrogens with zero attached hydrogens (tertiary/aromatic N) is 2. The molecule has 0 atom stereocenters. The Balaban J connectivity index is 3.15. The lowest BCUT2D eigenvalue weighted by Gasteiger charge is -2.05. The molecule has 0 aromatic heterocycles. The van der Waals surface area contributed by atoms with Gasteiger partial charge in [-0.2, -0.15) is 0 Å². The molecule has 0 aliphatic carbocycles. The second-order valence-electron chi connectivity index (χ2n) is 1.46. The van der Waals surface area contributed by atoms with E-state index in [9.17, 15) is 0 Å². The maximum absolute atomic E-state index is 5.65. The van der Waals surface area contributed by atoms with E-state index in [0.717, 1.165) is 0 Å². The van der Waals surface area contributed by atoms with Gasteiger partial charge in [-0.1, -0.05) is 34.1 Å². The Hall–Kier alpha value is 0.800. The molecule has 7 heteroatoms. The van der Waals surface area contributed by atoms with Crippen molar-refractivity contribution in [2.45, 2.75) is 0 Å². The lowest BCUT2D eigenvalue weighted by atomic mass is 11.0. The molecule has 1 aliphatic heterocycles. The van der Waals surface area contributed by atoms with Crippen molar-refractivity contribution in [3.63, 3.8) is 0 Å². The third-order valence-electron chi connectivity index (χ3n) is 0.677. The molecule has 0 bridgehead atoms. The van der Waals surface area contributed by atoms with E-state index in [1.54, 1.807) is 0 Å². The molecule has 0 amide bonds. The van der Waals surface area contributed by atoms with Gasteiger partial charge < -0.3 is 0 Å². The average molecular weight is 238 g/mol. The van der Waals surface area contributed by atoms with Crippen LogP contribution in [0.3, 0.4) is 0 Å². The molecular weight excluding hydrogens is 237 g/mol. The van der Waals surface area contributed by atoms with E-state index in [4.69, 9.17) is 45.7 Å². The first-order valence-electron chi connectivity index (χ1n) is 2.13. The molecule has 1 rings (SSSR count). The van der Waals surface area contributed by atoms with Gasteiger partial charge in [0.1, 0.15) is 5.16 Å². The van der Waals surface area contributed by atoms with Crippen molar-refractivity contribution in [1.29, 1.82) is 0 Å². The first kappa shape index (κ1) is 8.89. The normalized spacial score (nSPS) is 22.8. The Bertz CT molecular complexity index is 259. The minimum Gasteiger partial charge on any atom is -0.206 e. The quantitative estimate of drug-likeness (QED) is 0.447. The van der Waals surface area contributed by atoms with E-state index >= 15 is 0 Å². The fraction of sp³-hybridized carbons (Fsp3) is 0. The second-order valence-corrected chi connectivity index (χ2v) is 7.30. The maximum Gasteiger partial charge on any atom is 0.224 e. The summed E-state index contributed by atoms with van der Waals surface area (Å²) in [4.78, 5) is 3.58. The SMILES string of the molecule is ClC1=CP(Cl)(Cl)=NC(Cl)=N1. The summed E-state index contributed by atoms with van der Waals surface area (Å²) in [6.07, 6.45) is 0. The zero-order valence-corrected chi connectivity index (χ0v) is 8.35. The molecule has 0 aromatic rings. The monoisotopic (exact) mass is 236 g/mol. The van der Waals surface area contributed by atoms with Gasteiger partial charge in [-0.25, -0.2) is 9.74 Å². The molecule has 0 radical (unpaired) electrons. The Labute approximate surface area is 77.5 Å². The van der Waals surface area contributed by atoms with Gasteiger partial charge in [0.25, 0.3) is 0 Å². The summed E-state index contributed by atoms with van der Waals surface area (Å²) in [5, 5.41) is 0.198. The zero-order valence-electron chi connectivity index (χ0n) is 4.43. The Morgan fingerprint density at radius 2 is 1.90 bits per heavy atom. The number of hydrogen-bond donors (Lipinski definition) is 0. The molecule has 10 heavy (non-hydrogen) atoms. The van der Waals surface area contributed by atoms with E-state index in [-0.39, 0.29) is 10.5 Å². The molecule has 1 heterocycles. The lowest BCUT2D eigenvalue weighted by molar-refractivity contribution is 1.49. The second kappa shape index (κ2) is 3.04. The minimum atomic E-state index is -2.44. The van der Waals surface area contributed by atoms with Crippen LogP contribution in [0.15, 0.2) is 20.7 Å². The highest BCUT2D eigenvalue weighted by Crippen LogP contribution is 2.63. The smallest absolute Gasteiger partial charge is 0.206 e. The van der Waals surface area contributed by atoms with Crippen LogP contribution in [-0.2, 0) is 0 Å². The molecule has 0 unspecified atom stereocenters. The van der Waals surface area contributed by atoms with Crippen LogP contribution in [-0.4, -0.2) is 5.29 Å². The largest absolute Gasteiger partial charge is 0.224 e. The van der Waals surface area contributed by atoms with Crippen molar-refractivity contribution in [2.75, 3.05) is 0 Å². The van der Waals surface area contributed by atoms with Gasteiger partial charge >= 0.3 is 0 Å². The number of aliphatic imine (C=N–C) groups is 1. The third-order valence-corrected chi connectivity index (χ3v) is 3.36. The standard InChI is InChI=1S/C3HCl4N2P/c4-2-1-10(6,7)9-3(5)8-2/h1H. The fourth-order valence-corrected chi connectivity index (χ4v) is 3.55. The van der Waals surface area contributed by atoms with Gasteiger partial charge in [0.2, 0.25) is 5.29 Å². The van der Waals surface area contributed by atoms with Crippen LogP contribution < -0.4 is 0 Å². The summed E-state index contributed by atoms with van der Waals surface area (Å²) in [7, 11) is 0. The average Bonchev–Trinajstić information content (AvgIpc) is 1.54. The van der Waals surface area contributed by atoms with Crippen LogP contribution in [0.5, 0.6) is 0 Å². The Morgan fingerprint density at radius 3 is 2.30 bits per heavy atom. The van der Waals surface area contributed by atoms with Crippen molar-refractivity contribution in [2.24, 2.45) is 9.74 Å². The highest BCUT2D eigenvalue weighted by Gasteiger charge is 2.14. The van der Waals surface area contributed by atoms with Crippen molar-refractivity contribution in [1.82, 2.24) is 0 Å². The van der Waals surface area contributed by atoms with Crippen molar-refractivity contribution >= 4 is 56.7 Å². The molecule has 0 saturated heterocycles. The molecule has 0 fully saturated rings. The van der Waals surface area contributed by atoms with Crippen LogP contribution in [0, 0.1) is 0 Å². The summed E-state index contributed by atoms with van der Waals surface area (Å²) in [6, 6.07) is 0. The summed E-state index contributed by atoms with van der Waals surface area (Å²) in [5.74, 6) is -1.04. The first-order valence-corrected chi connectivity index (χ1v) is 6.51. The summed E-state index contributed by atoms with van der Waals surface area (Å²) in [6.45, 7) is 0. The highest BCUT2D eigenvalue weighted by atomic mass is 35.9. The molecule has 2 nitrogen and oxygen atoms in total. The Morgan fingerprint density at radius 1 is 1.30 bits per heavy atom. The van der Waals surface area contributed by atoms with Gasteiger partial charge in [0.15, 0.2) is 5.76 Å². The summed E-state index contributed by atoms with van der Waals surface area (Å²) in [5.41, 5.74) is 0. The van der Waals surface area contributed by atoms with Gasteiger partial charge in [0, 0.05) is 5.82 Å². The van der Waals surface area contributed by atoms with Gasteiger partial charge in [-0.05, 0) is 11.6 Å². The van der Waals surface area contributed by atoms with Crippen LogP contribution in [0.4, 0.5) is 0 Å². The molecule has 56 valence electrons. The van der Waals surface area contributed by atoms with Gasteiger partial charge in [-0.15, -0.1) is 0 Å². The fourth-order valence-electron chi connectivity index (χ4n) is 0.406. The molecule has 0 N–H and O–H groups in total. The topological polar surface area (TPSA) is 24.7 Å². The van der Waals surface area contributed by atoms with E-state index in [0.29, 0.717) is 0 Å². The van der Waals surface area contributed by atoms with Crippen molar-refractivity contribution in [3.05, 3.63) is 11.0 Å². The van der Waals surface area contributed by atoms with Crippen LogP contribution in [0.25, 0.3) is 0 Å². The first-order chi connectivity index (χ1) is 4.49. The van der Waals surface area contributed by atoms with Crippen molar-refractivity contribution < 1.29 is 0 Å². The van der Waals surface area contributed by atoms with Gasteiger partial charge in [-0.3, -0.25) is 0 Å². The predicted octanol–water partition coefficient (Wildman–Crippen LogP) is 4.14. The van der Waals surface area contributed by atoms with Crippen molar-refractivity contribution in [3.8, 4) is 0 Å². The van der Waals surface area contributed by atoms with E-state index in [1.807, 2.05) is 0 Å². The third kappa shape index (κ3) is 2.44. The number of rotatable bonds is 0.